The van der Waals surface area contributed by atoms with Gasteiger partial charge in [0, 0.05) is 6.54 Å². The summed E-state index contributed by atoms with van der Waals surface area (Å²) >= 11 is 0. The number of nitrogens with two attached hydrogens (primary N) is 1. The molecular formula is C15H26IN3O. The van der Waals surface area contributed by atoms with Gasteiger partial charge in [-0.15, -0.1) is 24.0 Å². The fourth-order valence-corrected chi connectivity index (χ4v) is 1.49. The van der Waals surface area contributed by atoms with Crippen LogP contribution in [0.5, 0.6) is 5.75 Å². The van der Waals surface area contributed by atoms with Gasteiger partial charge < -0.3 is 15.8 Å². The Labute approximate surface area is 139 Å². The Morgan fingerprint density at radius 1 is 1.40 bits per heavy atom. The van der Waals surface area contributed by atoms with Crippen molar-refractivity contribution in [1.82, 2.24) is 5.32 Å². The molecule has 0 radical (unpaired) electrons. The maximum atomic E-state index is 5.80. The van der Waals surface area contributed by atoms with Crippen molar-refractivity contribution < 1.29 is 4.74 Å². The molecule has 0 saturated heterocycles. The third-order valence-electron chi connectivity index (χ3n) is 2.49. The molecule has 0 bridgehead atoms. The Kier molecular flexibility index (Phi) is 10.2. The van der Waals surface area contributed by atoms with Gasteiger partial charge in [0.05, 0.1) is 13.2 Å². The lowest BCUT2D eigenvalue weighted by molar-refractivity contribution is 0.317. The Hall–Kier alpha value is -0.980. The van der Waals surface area contributed by atoms with Gasteiger partial charge >= 0.3 is 0 Å². The first-order valence-electron chi connectivity index (χ1n) is 6.87. The van der Waals surface area contributed by atoms with Gasteiger partial charge in [-0.2, -0.15) is 0 Å². The fourth-order valence-electron chi connectivity index (χ4n) is 1.49. The zero-order valence-electron chi connectivity index (χ0n) is 12.6. The van der Waals surface area contributed by atoms with Gasteiger partial charge in [0.2, 0.25) is 0 Å². The molecule has 0 unspecified atom stereocenters. The van der Waals surface area contributed by atoms with Crippen LogP contribution < -0.4 is 15.8 Å². The van der Waals surface area contributed by atoms with Gasteiger partial charge in [0.1, 0.15) is 5.75 Å². The molecular weight excluding hydrogens is 365 g/mol. The third kappa shape index (κ3) is 8.24. The second-order valence-electron chi connectivity index (χ2n) is 4.97. The van der Waals surface area contributed by atoms with Gasteiger partial charge in [-0.25, -0.2) is 4.99 Å². The first kappa shape index (κ1) is 19.0. The molecule has 1 aromatic carbocycles. The van der Waals surface area contributed by atoms with Crippen molar-refractivity contribution in [3.8, 4) is 5.75 Å². The molecule has 0 heterocycles. The SMILES string of the molecule is CCCOc1cccc(CN=C(N)NCC(C)C)c1.I. The second kappa shape index (κ2) is 10.8. The molecule has 0 atom stereocenters. The number of nitrogens with one attached hydrogen (secondary N) is 1. The minimum absolute atomic E-state index is 0. The number of guanidine groups is 1. The predicted octanol–water partition coefficient (Wildman–Crippen LogP) is 3.15. The van der Waals surface area contributed by atoms with E-state index in [1.807, 2.05) is 24.3 Å². The van der Waals surface area contributed by atoms with Crippen LogP contribution in [0.2, 0.25) is 0 Å². The monoisotopic (exact) mass is 391 g/mol. The summed E-state index contributed by atoms with van der Waals surface area (Å²) in [4.78, 5) is 4.32. The van der Waals surface area contributed by atoms with Crippen LogP contribution in [-0.4, -0.2) is 19.1 Å². The zero-order chi connectivity index (χ0) is 14.1. The van der Waals surface area contributed by atoms with Gasteiger partial charge in [-0.05, 0) is 30.0 Å². The van der Waals surface area contributed by atoms with Crippen molar-refractivity contribution in [1.29, 1.82) is 0 Å². The average Bonchev–Trinajstić information content (AvgIpc) is 2.41. The number of halogens is 1. The molecule has 0 amide bonds. The van der Waals surface area contributed by atoms with Crippen molar-refractivity contribution in [2.45, 2.75) is 33.7 Å². The number of benzene rings is 1. The molecule has 20 heavy (non-hydrogen) atoms. The van der Waals surface area contributed by atoms with Gasteiger partial charge in [-0.1, -0.05) is 32.9 Å². The number of rotatable bonds is 7. The van der Waals surface area contributed by atoms with E-state index in [9.17, 15) is 0 Å². The summed E-state index contributed by atoms with van der Waals surface area (Å²) in [6.45, 7) is 8.51. The van der Waals surface area contributed by atoms with Crippen LogP contribution in [0.4, 0.5) is 0 Å². The Bertz CT molecular complexity index is 408. The van der Waals surface area contributed by atoms with E-state index in [1.54, 1.807) is 0 Å². The van der Waals surface area contributed by atoms with E-state index >= 15 is 0 Å². The summed E-state index contributed by atoms with van der Waals surface area (Å²) < 4.78 is 5.59. The Morgan fingerprint density at radius 2 is 2.15 bits per heavy atom. The Balaban J connectivity index is 0.00000361. The van der Waals surface area contributed by atoms with E-state index < -0.39 is 0 Å². The van der Waals surface area contributed by atoms with Crippen LogP contribution in [0, 0.1) is 5.92 Å². The standard InChI is InChI=1S/C15H25N3O.HI/c1-4-8-19-14-7-5-6-13(9-14)11-18-15(16)17-10-12(2)3;/h5-7,9,12H,4,8,10-11H2,1-3H3,(H3,16,17,18);1H. The summed E-state index contributed by atoms with van der Waals surface area (Å²) in [5.41, 5.74) is 6.90. The van der Waals surface area contributed by atoms with Crippen LogP contribution in [0.15, 0.2) is 29.3 Å². The maximum Gasteiger partial charge on any atom is 0.188 e. The predicted molar refractivity (Wildman–Crippen MR) is 95.8 cm³/mol. The van der Waals surface area contributed by atoms with Crippen LogP contribution in [0.25, 0.3) is 0 Å². The topological polar surface area (TPSA) is 59.6 Å². The number of nitrogens with zero attached hydrogens (tertiary/aromatic N) is 1. The molecule has 0 aliphatic rings. The zero-order valence-corrected chi connectivity index (χ0v) is 14.9. The highest BCUT2D eigenvalue weighted by Crippen LogP contribution is 2.14. The van der Waals surface area contributed by atoms with Crippen LogP contribution in [0.3, 0.4) is 0 Å². The molecule has 0 saturated carbocycles. The lowest BCUT2D eigenvalue weighted by atomic mass is 10.2. The third-order valence-corrected chi connectivity index (χ3v) is 2.49. The van der Waals surface area contributed by atoms with Crippen LogP contribution >= 0.6 is 24.0 Å². The van der Waals surface area contributed by atoms with Crippen molar-refractivity contribution in [3.05, 3.63) is 29.8 Å². The van der Waals surface area contributed by atoms with Crippen molar-refractivity contribution in [3.63, 3.8) is 0 Å². The van der Waals surface area contributed by atoms with Gasteiger partial charge in [-0.3, -0.25) is 0 Å². The van der Waals surface area contributed by atoms with Crippen molar-refractivity contribution in [2.24, 2.45) is 16.6 Å². The fraction of sp³-hybridized carbons (Fsp3) is 0.533. The lowest BCUT2D eigenvalue weighted by Gasteiger charge is -2.08. The minimum atomic E-state index is 0. The van der Waals surface area contributed by atoms with Gasteiger partial charge in [0.25, 0.3) is 0 Å². The summed E-state index contributed by atoms with van der Waals surface area (Å²) in [7, 11) is 0. The number of hydrogen-bond acceptors (Lipinski definition) is 2. The number of aliphatic imine (C=N–C) groups is 1. The molecule has 3 N–H and O–H groups in total. The molecule has 4 nitrogen and oxygen atoms in total. The summed E-state index contributed by atoms with van der Waals surface area (Å²) in [6, 6.07) is 7.98. The molecule has 0 aromatic heterocycles. The van der Waals surface area contributed by atoms with E-state index in [0.29, 0.717) is 18.4 Å². The molecule has 0 aliphatic carbocycles. The first-order chi connectivity index (χ1) is 9.11. The molecule has 0 spiro atoms. The largest absolute Gasteiger partial charge is 0.494 e. The first-order valence-corrected chi connectivity index (χ1v) is 6.87. The normalized spacial score (nSPS) is 11.1. The molecule has 0 aliphatic heterocycles. The quantitative estimate of drug-likeness (QED) is 0.427. The highest BCUT2D eigenvalue weighted by molar-refractivity contribution is 14.0. The van der Waals surface area contributed by atoms with E-state index in [1.165, 1.54) is 0 Å². The molecule has 1 rings (SSSR count). The second-order valence-corrected chi connectivity index (χ2v) is 4.97. The molecule has 114 valence electrons. The van der Waals surface area contributed by atoms with E-state index in [0.717, 1.165) is 30.9 Å². The average molecular weight is 391 g/mol. The molecule has 5 heteroatoms. The minimum Gasteiger partial charge on any atom is -0.494 e. The van der Waals surface area contributed by atoms with Crippen molar-refractivity contribution >= 4 is 29.9 Å². The van der Waals surface area contributed by atoms with Crippen LogP contribution in [-0.2, 0) is 6.54 Å². The van der Waals surface area contributed by atoms with Crippen LogP contribution in [0.1, 0.15) is 32.8 Å². The highest BCUT2D eigenvalue weighted by Gasteiger charge is 1.98. The molecule has 1 aromatic rings. The number of hydrogen-bond donors (Lipinski definition) is 2. The van der Waals surface area contributed by atoms with E-state index in [2.05, 4.69) is 31.1 Å². The van der Waals surface area contributed by atoms with E-state index in [-0.39, 0.29) is 24.0 Å². The maximum absolute atomic E-state index is 5.80. The summed E-state index contributed by atoms with van der Waals surface area (Å²) in [5.74, 6) is 1.94. The lowest BCUT2D eigenvalue weighted by Crippen LogP contribution is -2.34. The summed E-state index contributed by atoms with van der Waals surface area (Å²) in [5, 5.41) is 3.10. The summed E-state index contributed by atoms with van der Waals surface area (Å²) in [6.07, 6.45) is 1.01. The molecule has 0 fully saturated rings. The Morgan fingerprint density at radius 3 is 2.80 bits per heavy atom. The van der Waals surface area contributed by atoms with Crippen molar-refractivity contribution in [2.75, 3.05) is 13.2 Å². The highest BCUT2D eigenvalue weighted by atomic mass is 127. The van der Waals surface area contributed by atoms with Gasteiger partial charge in [0.15, 0.2) is 5.96 Å². The number of ether oxygens (including phenoxy) is 1. The van der Waals surface area contributed by atoms with E-state index in [4.69, 9.17) is 10.5 Å². The smallest absolute Gasteiger partial charge is 0.188 e.